The van der Waals surface area contributed by atoms with Crippen LogP contribution in [0, 0.1) is 0 Å². The summed E-state index contributed by atoms with van der Waals surface area (Å²) in [7, 11) is 0. The van der Waals surface area contributed by atoms with Gasteiger partial charge in [0.15, 0.2) is 0 Å². The summed E-state index contributed by atoms with van der Waals surface area (Å²) in [5.74, 6) is 0.386. The Bertz CT molecular complexity index is 473. The number of rotatable bonds is 4. The van der Waals surface area contributed by atoms with E-state index in [2.05, 4.69) is 15.6 Å². The second-order valence-corrected chi connectivity index (χ2v) is 5.44. The van der Waals surface area contributed by atoms with Crippen molar-refractivity contribution in [1.82, 2.24) is 10.3 Å². The molecule has 1 fully saturated rings. The standard InChI is InChI=1S/C14H20ClN3O2/c1-2-16-12-8-7-11(15)13(18-12)14(20)17-9-3-5-10(19)6-4-9/h7-10,19H,2-6H2,1H3,(H,16,18)(H,17,20). The fourth-order valence-corrected chi connectivity index (χ4v) is 2.55. The molecule has 1 aliphatic carbocycles. The van der Waals surface area contributed by atoms with E-state index in [0.29, 0.717) is 10.8 Å². The first-order valence-electron chi connectivity index (χ1n) is 6.99. The van der Waals surface area contributed by atoms with Crippen molar-refractivity contribution in [3.8, 4) is 0 Å². The predicted octanol–water partition coefficient (Wildman–Crippen LogP) is 2.20. The molecule has 1 amide bonds. The van der Waals surface area contributed by atoms with Crippen LogP contribution >= 0.6 is 11.6 Å². The van der Waals surface area contributed by atoms with Gasteiger partial charge in [-0.1, -0.05) is 11.6 Å². The maximum atomic E-state index is 12.2. The molecule has 3 N–H and O–H groups in total. The first kappa shape index (κ1) is 15.1. The molecule has 0 saturated heterocycles. The number of carbonyl (C=O) groups excluding carboxylic acids is 1. The van der Waals surface area contributed by atoms with Gasteiger partial charge in [-0.05, 0) is 44.7 Å². The van der Waals surface area contributed by atoms with Crippen LogP contribution < -0.4 is 10.6 Å². The van der Waals surface area contributed by atoms with Gasteiger partial charge in [-0.2, -0.15) is 0 Å². The van der Waals surface area contributed by atoms with Gasteiger partial charge in [0.25, 0.3) is 5.91 Å². The fourth-order valence-electron chi connectivity index (χ4n) is 2.35. The van der Waals surface area contributed by atoms with Crippen molar-refractivity contribution in [2.24, 2.45) is 0 Å². The topological polar surface area (TPSA) is 74.2 Å². The molecule has 0 radical (unpaired) electrons. The number of aliphatic hydroxyl groups excluding tert-OH is 1. The van der Waals surface area contributed by atoms with E-state index in [-0.39, 0.29) is 23.7 Å². The lowest BCUT2D eigenvalue weighted by molar-refractivity contribution is 0.0863. The zero-order valence-electron chi connectivity index (χ0n) is 11.5. The molecular weight excluding hydrogens is 278 g/mol. The van der Waals surface area contributed by atoms with Crippen molar-refractivity contribution in [2.75, 3.05) is 11.9 Å². The van der Waals surface area contributed by atoms with E-state index in [9.17, 15) is 9.90 Å². The molecule has 0 aliphatic heterocycles. The summed E-state index contributed by atoms with van der Waals surface area (Å²) < 4.78 is 0. The van der Waals surface area contributed by atoms with Crippen molar-refractivity contribution < 1.29 is 9.90 Å². The number of aromatic nitrogens is 1. The number of hydrogen-bond acceptors (Lipinski definition) is 4. The fraction of sp³-hybridized carbons (Fsp3) is 0.571. The highest BCUT2D eigenvalue weighted by Gasteiger charge is 2.22. The molecule has 0 unspecified atom stereocenters. The van der Waals surface area contributed by atoms with Gasteiger partial charge in [-0.25, -0.2) is 4.98 Å². The Balaban J connectivity index is 2.03. The zero-order valence-corrected chi connectivity index (χ0v) is 12.3. The molecular formula is C14H20ClN3O2. The number of hydrogen-bond donors (Lipinski definition) is 3. The number of halogens is 1. The second-order valence-electron chi connectivity index (χ2n) is 5.04. The molecule has 1 aromatic rings. The van der Waals surface area contributed by atoms with Gasteiger partial charge in [0.05, 0.1) is 11.1 Å². The number of carbonyl (C=O) groups is 1. The molecule has 1 saturated carbocycles. The summed E-state index contributed by atoms with van der Waals surface area (Å²) in [5, 5.41) is 15.8. The molecule has 1 aliphatic rings. The number of pyridine rings is 1. The van der Waals surface area contributed by atoms with E-state index in [0.717, 1.165) is 32.2 Å². The SMILES string of the molecule is CCNc1ccc(Cl)c(C(=O)NC2CCC(O)CC2)n1. The summed E-state index contributed by atoms with van der Waals surface area (Å²) in [5.41, 5.74) is 0.247. The van der Waals surface area contributed by atoms with Gasteiger partial charge in [0.2, 0.25) is 0 Å². The first-order chi connectivity index (χ1) is 9.60. The first-order valence-corrected chi connectivity index (χ1v) is 7.37. The van der Waals surface area contributed by atoms with Crippen molar-refractivity contribution in [3.63, 3.8) is 0 Å². The van der Waals surface area contributed by atoms with Crippen molar-refractivity contribution in [3.05, 3.63) is 22.8 Å². The quantitative estimate of drug-likeness (QED) is 0.796. The highest BCUT2D eigenvalue weighted by atomic mass is 35.5. The van der Waals surface area contributed by atoms with Gasteiger partial charge >= 0.3 is 0 Å². The highest BCUT2D eigenvalue weighted by Crippen LogP contribution is 2.20. The minimum absolute atomic E-state index is 0.0894. The van der Waals surface area contributed by atoms with Crippen LogP contribution in [-0.4, -0.2) is 34.7 Å². The second kappa shape index (κ2) is 6.90. The molecule has 5 nitrogen and oxygen atoms in total. The van der Waals surface area contributed by atoms with Crippen LogP contribution in [0.4, 0.5) is 5.82 Å². The average Bonchev–Trinajstić information content (AvgIpc) is 2.43. The highest BCUT2D eigenvalue weighted by molar-refractivity contribution is 6.33. The van der Waals surface area contributed by atoms with E-state index in [1.807, 2.05) is 6.92 Å². The van der Waals surface area contributed by atoms with Gasteiger partial charge in [-0.3, -0.25) is 4.79 Å². The summed E-state index contributed by atoms with van der Waals surface area (Å²) in [6, 6.07) is 3.51. The summed E-state index contributed by atoms with van der Waals surface area (Å²) in [6.45, 7) is 2.69. The molecule has 2 rings (SSSR count). The molecule has 0 atom stereocenters. The Morgan fingerprint density at radius 3 is 2.75 bits per heavy atom. The third-order valence-electron chi connectivity index (χ3n) is 3.45. The van der Waals surface area contributed by atoms with Crippen molar-refractivity contribution >= 4 is 23.3 Å². The van der Waals surface area contributed by atoms with Crippen LogP contribution in [0.3, 0.4) is 0 Å². The van der Waals surface area contributed by atoms with Crippen LogP contribution in [0.15, 0.2) is 12.1 Å². The van der Waals surface area contributed by atoms with E-state index in [4.69, 9.17) is 11.6 Å². The van der Waals surface area contributed by atoms with E-state index in [1.54, 1.807) is 12.1 Å². The molecule has 1 heterocycles. The molecule has 6 heteroatoms. The monoisotopic (exact) mass is 297 g/mol. The molecule has 0 bridgehead atoms. The van der Waals surface area contributed by atoms with Crippen LogP contribution in [0.2, 0.25) is 5.02 Å². The van der Waals surface area contributed by atoms with Crippen molar-refractivity contribution in [1.29, 1.82) is 0 Å². The van der Waals surface area contributed by atoms with Crippen LogP contribution in [0.5, 0.6) is 0 Å². The number of amides is 1. The Morgan fingerprint density at radius 1 is 1.40 bits per heavy atom. The summed E-state index contributed by atoms with van der Waals surface area (Å²) >= 11 is 6.04. The minimum Gasteiger partial charge on any atom is -0.393 e. The molecule has 0 spiro atoms. The summed E-state index contributed by atoms with van der Waals surface area (Å²) in [4.78, 5) is 16.5. The zero-order chi connectivity index (χ0) is 14.5. The minimum atomic E-state index is -0.254. The van der Waals surface area contributed by atoms with Crippen molar-refractivity contribution in [2.45, 2.75) is 44.8 Å². The maximum Gasteiger partial charge on any atom is 0.271 e. The number of aliphatic hydroxyl groups is 1. The number of anilines is 1. The Kier molecular flexibility index (Phi) is 5.20. The normalized spacial score (nSPS) is 22.4. The number of nitrogens with one attached hydrogen (secondary N) is 2. The van der Waals surface area contributed by atoms with E-state index >= 15 is 0 Å². The lowest BCUT2D eigenvalue weighted by Gasteiger charge is -2.26. The van der Waals surface area contributed by atoms with E-state index in [1.165, 1.54) is 0 Å². The van der Waals surface area contributed by atoms with Gasteiger partial charge in [-0.15, -0.1) is 0 Å². The largest absolute Gasteiger partial charge is 0.393 e. The molecule has 110 valence electrons. The summed E-state index contributed by atoms with van der Waals surface area (Å²) in [6.07, 6.45) is 2.80. The van der Waals surface area contributed by atoms with Crippen LogP contribution in [0.25, 0.3) is 0 Å². The predicted molar refractivity (Wildman–Crippen MR) is 79.1 cm³/mol. The Labute approximate surface area is 123 Å². The molecule has 20 heavy (non-hydrogen) atoms. The number of nitrogens with zero attached hydrogens (tertiary/aromatic N) is 1. The van der Waals surface area contributed by atoms with Crippen LogP contribution in [0.1, 0.15) is 43.1 Å². The van der Waals surface area contributed by atoms with Crippen LogP contribution in [-0.2, 0) is 0 Å². The van der Waals surface area contributed by atoms with Gasteiger partial charge in [0, 0.05) is 12.6 Å². The van der Waals surface area contributed by atoms with E-state index < -0.39 is 0 Å². The maximum absolute atomic E-state index is 12.2. The average molecular weight is 298 g/mol. The third kappa shape index (κ3) is 3.84. The molecule has 0 aromatic carbocycles. The third-order valence-corrected chi connectivity index (χ3v) is 3.76. The van der Waals surface area contributed by atoms with Gasteiger partial charge in [0.1, 0.15) is 11.5 Å². The smallest absolute Gasteiger partial charge is 0.271 e. The van der Waals surface area contributed by atoms with Gasteiger partial charge < -0.3 is 15.7 Å². The Hall–Kier alpha value is -1.33. The lowest BCUT2D eigenvalue weighted by atomic mass is 9.93. The molecule has 1 aromatic heterocycles. The Morgan fingerprint density at radius 2 is 2.10 bits per heavy atom. The lowest BCUT2D eigenvalue weighted by Crippen LogP contribution is -2.39.